The molecule has 2 heterocycles. The quantitative estimate of drug-likeness (QED) is 0.295. The highest BCUT2D eigenvalue weighted by atomic mass is 19.1. The van der Waals surface area contributed by atoms with Crippen LogP contribution in [0.2, 0.25) is 0 Å². The van der Waals surface area contributed by atoms with Crippen molar-refractivity contribution in [3.63, 3.8) is 0 Å². The van der Waals surface area contributed by atoms with Crippen molar-refractivity contribution in [3.05, 3.63) is 74.9 Å². The molecular weight excluding hydrogens is 439 g/mol. The number of ether oxygens (including phenoxy) is 1. The minimum atomic E-state index is -0.427. The van der Waals surface area contributed by atoms with Crippen molar-refractivity contribution >= 4 is 27.9 Å². The topological polar surface area (TPSA) is 88.1 Å². The van der Waals surface area contributed by atoms with Crippen LogP contribution in [0.25, 0.3) is 21.9 Å². The van der Waals surface area contributed by atoms with Gasteiger partial charge in [0, 0.05) is 19.5 Å². The molecule has 34 heavy (non-hydrogen) atoms. The highest BCUT2D eigenvalue weighted by molar-refractivity contribution is 5.78. The molecule has 5 rings (SSSR count). The Morgan fingerprint density at radius 3 is 2.62 bits per heavy atom. The summed E-state index contributed by atoms with van der Waals surface area (Å²) >= 11 is 0. The number of hydrogen-bond acceptors (Lipinski definition) is 5. The largest absolute Gasteiger partial charge is 0.466 e. The molecule has 176 valence electrons. The summed E-state index contributed by atoms with van der Waals surface area (Å²) in [6.07, 6.45) is 3.16. The molecule has 1 fully saturated rings. The number of rotatable bonds is 8. The highest BCUT2D eigenvalue weighted by Crippen LogP contribution is 2.36. The average molecular weight is 464 g/mol. The van der Waals surface area contributed by atoms with E-state index in [-0.39, 0.29) is 29.8 Å². The fraction of sp³-hybridized carbons (Fsp3) is 0.360. The van der Waals surface area contributed by atoms with Crippen molar-refractivity contribution < 1.29 is 13.9 Å². The SMILES string of the molecule is CC(=O)OCCCCn1c(Cn2c(=O)n(C3CC3)c3ccc(F)cc32)nc(=O)c2ccccc21. The molecular formula is C25H25FN4O4. The first-order valence-corrected chi connectivity index (χ1v) is 11.5. The number of aromatic nitrogens is 4. The number of esters is 1. The number of aryl methyl sites for hydroxylation is 1. The van der Waals surface area contributed by atoms with E-state index in [0.717, 1.165) is 18.4 Å². The number of nitrogens with zero attached hydrogens (tertiary/aromatic N) is 4. The van der Waals surface area contributed by atoms with Crippen LogP contribution >= 0.6 is 0 Å². The van der Waals surface area contributed by atoms with E-state index >= 15 is 0 Å². The van der Waals surface area contributed by atoms with E-state index in [4.69, 9.17) is 4.74 Å². The number of hydrogen-bond donors (Lipinski definition) is 0. The molecule has 9 heteroatoms. The van der Waals surface area contributed by atoms with Crippen molar-refractivity contribution in [1.82, 2.24) is 18.7 Å². The van der Waals surface area contributed by atoms with E-state index in [1.54, 1.807) is 22.8 Å². The van der Waals surface area contributed by atoms with Gasteiger partial charge in [-0.25, -0.2) is 9.18 Å². The summed E-state index contributed by atoms with van der Waals surface area (Å²) in [6.45, 7) is 2.25. The molecule has 2 aromatic heterocycles. The molecule has 8 nitrogen and oxygen atoms in total. The summed E-state index contributed by atoms with van der Waals surface area (Å²) in [7, 11) is 0. The molecule has 1 aliphatic rings. The van der Waals surface area contributed by atoms with Crippen LogP contribution in [0.1, 0.15) is 44.5 Å². The number of carbonyl (C=O) groups excluding carboxylic acids is 1. The smallest absolute Gasteiger partial charge is 0.329 e. The third-order valence-corrected chi connectivity index (χ3v) is 6.19. The maximum absolute atomic E-state index is 14.1. The molecule has 0 N–H and O–H groups in total. The maximum Gasteiger partial charge on any atom is 0.329 e. The van der Waals surface area contributed by atoms with Gasteiger partial charge in [-0.05, 0) is 56.0 Å². The molecule has 0 radical (unpaired) electrons. The van der Waals surface area contributed by atoms with Crippen molar-refractivity contribution in [1.29, 1.82) is 0 Å². The number of carbonyl (C=O) groups is 1. The Morgan fingerprint density at radius 1 is 1.06 bits per heavy atom. The number of para-hydroxylation sites is 1. The van der Waals surface area contributed by atoms with Gasteiger partial charge < -0.3 is 9.30 Å². The zero-order valence-corrected chi connectivity index (χ0v) is 18.9. The van der Waals surface area contributed by atoms with Gasteiger partial charge in [0.2, 0.25) is 0 Å². The van der Waals surface area contributed by atoms with E-state index in [2.05, 4.69) is 4.98 Å². The first-order valence-electron chi connectivity index (χ1n) is 11.5. The second-order valence-corrected chi connectivity index (χ2v) is 8.65. The van der Waals surface area contributed by atoms with E-state index in [1.165, 1.54) is 23.6 Å². The summed E-state index contributed by atoms with van der Waals surface area (Å²) in [5.74, 6) is -0.323. The van der Waals surface area contributed by atoms with Crippen LogP contribution in [-0.2, 0) is 22.6 Å². The lowest BCUT2D eigenvalue weighted by atomic mass is 10.2. The number of benzene rings is 2. The van der Waals surface area contributed by atoms with E-state index in [0.29, 0.717) is 48.2 Å². The molecule has 0 saturated heterocycles. The Bertz CT molecular complexity index is 1510. The Balaban J connectivity index is 1.58. The Kier molecular flexibility index (Phi) is 5.77. The summed E-state index contributed by atoms with van der Waals surface area (Å²) in [6, 6.07) is 11.7. The molecule has 2 aromatic carbocycles. The predicted octanol–water partition coefficient (Wildman–Crippen LogP) is 3.38. The minimum absolute atomic E-state index is 0.0442. The Morgan fingerprint density at radius 2 is 1.85 bits per heavy atom. The van der Waals surface area contributed by atoms with Crippen molar-refractivity contribution in [2.24, 2.45) is 0 Å². The first kappa shape index (κ1) is 22.1. The standard InChI is InChI=1S/C25H25FN4O4/c1-16(31)34-13-5-4-12-28-20-7-3-2-6-19(20)24(32)27-23(28)15-29-22-14-17(26)8-11-21(22)30(25(29)33)18-9-10-18/h2-3,6-8,11,14,18H,4-5,9-10,12-13,15H2,1H3. The molecule has 0 spiro atoms. The van der Waals surface area contributed by atoms with Gasteiger partial charge in [0.15, 0.2) is 0 Å². The lowest BCUT2D eigenvalue weighted by Gasteiger charge is -2.16. The molecule has 0 aliphatic heterocycles. The predicted molar refractivity (Wildman–Crippen MR) is 125 cm³/mol. The van der Waals surface area contributed by atoms with Crippen molar-refractivity contribution in [3.8, 4) is 0 Å². The summed E-state index contributed by atoms with van der Waals surface area (Å²) in [5, 5.41) is 0.491. The van der Waals surface area contributed by atoms with Crippen molar-refractivity contribution in [2.45, 2.75) is 51.7 Å². The number of imidazole rings is 1. The molecule has 0 atom stereocenters. The van der Waals surface area contributed by atoms with Crippen LogP contribution in [0.3, 0.4) is 0 Å². The van der Waals surface area contributed by atoms with Gasteiger partial charge in [0.25, 0.3) is 5.56 Å². The van der Waals surface area contributed by atoms with Crippen LogP contribution < -0.4 is 11.2 Å². The Labute approximate surface area is 194 Å². The molecule has 0 bridgehead atoms. The van der Waals surface area contributed by atoms with Crippen LogP contribution in [0.15, 0.2) is 52.1 Å². The zero-order valence-electron chi connectivity index (χ0n) is 18.9. The minimum Gasteiger partial charge on any atom is -0.466 e. The molecule has 4 aromatic rings. The van der Waals surface area contributed by atoms with Gasteiger partial charge >= 0.3 is 11.7 Å². The van der Waals surface area contributed by atoms with Crippen molar-refractivity contribution in [2.75, 3.05) is 6.61 Å². The Hall–Kier alpha value is -3.75. The van der Waals surface area contributed by atoms with E-state index in [9.17, 15) is 18.8 Å². The summed E-state index contributed by atoms with van der Waals surface area (Å²) in [4.78, 5) is 41.5. The number of fused-ring (bicyclic) bond motifs is 2. The third-order valence-electron chi connectivity index (χ3n) is 6.19. The van der Waals surface area contributed by atoms with Gasteiger partial charge in [-0.3, -0.25) is 18.7 Å². The van der Waals surface area contributed by atoms with E-state index in [1.807, 2.05) is 16.7 Å². The van der Waals surface area contributed by atoms with Crippen LogP contribution in [-0.4, -0.2) is 31.3 Å². The zero-order chi connectivity index (χ0) is 23.8. The second kappa shape index (κ2) is 8.89. The monoisotopic (exact) mass is 464 g/mol. The van der Waals surface area contributed by atoms with Crippen LogP contribution in [0.4, 0.5) is 4.39 Å². The second-order valence-electron chi connectivity index (χ2n) is 8.65. The fourth-order valence-corrected chi connectivity index (χ4v) is 4.46. The molecule has 1 aliphatic carbocycles. The molecule has 0 unspecified atom stereocenters. The van der Waals surface area contributed by atoms with Crippen LogP contribution in [0.5, 0.6) is 0 Å². The van der Waals surface area contributed by atoms with E-state index < -0.39 is 5.82 Å². The van der Waals surface area contributed by atoms with Gasteiger partial charge in [-0.2, -0.15) is 4.98 Å². The summed E-state index contributed by atoms with van der Waals surface area (Å²) in [5.41, 5.74) is 1.29. The third kappa shape index (κ3) is 4.13. The average Bonchev–Trinajstić information content (AvgIpc) is 3.61. The maximum atomic E-state index is 14.1. The first-order chi connectivity index (χ1) is 16.4. The summed E-state index contributed by atoms with van der Waals surface area (Å²) < 4.78 is 24.3. The number of unbranched alkanes of at least 4 members (excludes halogenated alkanes) is 1. The van der Waals surface area contributed by atoms with Gasteiger partial charge in [0.1, 0.15) is 11.6 Å². The lowest BCUT2D eigenvalue weighted by Crippen LogP contribution is -2.28. The highest BCUT2D eigenvalue weighted by Gasteiger charge is 2.29. The van der Waals surface area contributed by atoms with Gasteiger partial charge in [-0.1, -0.05) is 12.1 Å². The lowest BCUT2D eigenvalue weighted by molar-refractivity contribution is -0.141. The van der Waals surface area contributed by atoms with Crippen LogP contribution in [0, 0.1) is 5.82 Å². The fourth-order valence-electron chi connectivity index (χ4n) is 4.46. The van der Waals surface area contributed by atoms with Gasteiger partial charge in [0.05, 0.1) is 35.1 Å². The number of halogens is 1. The molecule has 0 amide bonds. The normalized spacial score (nSPS) is 13.6. The molecule has 1 saturated carbocycles. The van der Waals surface area contributed by atoms with Gasteiger partial charge in [-0.15, -0.1) is 0 Å².